The van der Waals surface area contributed by atoms with Gasteiger partial charge in [0.1, 0.15) is 18.6 Å². The zero-order valence-electron chi connectivity index (χ0n) is 9.53. The van der Waals surface area contributed by atoms with Crippen molar-refractivity contribution in [3.05, 3.63) is 0 Å². The molecule has 108 valence electrons. The lowest BCUT2D eigenvalue weighted by Gasteiger charge is -2.25. The van der Waals surface area contributed by atoms with Crippen LogP contribution in [0.1, 0.15) is 12.8 Å². The van der Waals surface area contributed by atoms with E-state index in [4.69, 9.17) is 10.2 Å². The minimum atomic E-state index is -4.65. The molecule has 1 aliphatic rings. The average molecular weight is 284 g/mol. The third kappa shape index (κ3) is 3.73. The number of nitrogens with zero attached hydrogens (tertiary/aromatic N) is 1. The van der Waals surface area contributed by atoms with Crippen molar-refractivity contribution in [3.8, 4) is 0 Å². The summed E-state index contributed by atoms with van der Waals surface area (Å²) >= 11 is 0. The number of carbonyl (C=O) groups excluding carboxylic acids is 1. The van der Waals surface area contributed by atoms with Crippen molar-refractivity contribution in [1.82, 2.24) is 10.2 Å². The number of alkyl halides is 3. The van der Waals surface area contributed by atoms with Gasteiger partial charge in [-0.25, -0.2) is 4.79 Å². The Bertz CT molecular complexity index is 389. The number of hydrogen-bond acceptors (Lipinski definition) is 3. The average Bonchev–Trinajstić information content (AvgIpc) is 2.95. The van der Waals surface area contributed by atoms with E-state index in [-0.39, 0.29) is 17.7 Å². The number of aliphatic carboxylic acids is 2. The topological polar surface area (TPSA) is 107 Å². The molecule has 0 unspecified atom stereocenters. The molecule has 0 atom stereocenters. The van der Waals surface area contributed by atoms with Crippen LogP contribution in [0, 0.1) is 0 Å². The Morgan fingerprint density at radius 3 is 1.79 bits per heavy atom. The highest BCUT2D eigenvalue weighted by Gasteiger charge is 2.64. The molecule has 1 rings (SSSR count). The fourth-order valence-electron chi connectivity index (χ4n) is 1.41. The van der Waals surface area contributed by atoms with E-state index in [9.17, 15) is 27.6 Å². The largest absolute Gasteiger partial charge is 0.480 e. The van der Waals surface area contributed by atoms with Crippen molar-refractivity contribution in [2.75, 3.05) is 13.1 Å². The third-order valence-electron chi connectivity index (χ3n) is 2.58. The van der Waals surface area contributed by atoms with Crippen molar-refractivity contribution in [2.45, 2.75) is 24.6 Å². The fourth-order valence-corrected chi connectivity index (χ4v) is 1.41. The molecule has 0 heterocycles. The standard InChI is InChI=1S/C9H11F3N2O5/c10-9(11,12)8(1-2-8)13-7(19)14(3-5(15)16)4-6(17)18/h1-4H2,(H,13,19)(H,15,16)(H,17,18). The van der Waals surface area contributed by atoms with Crippen LogP contribution in [0.2, 0.25) is 0 Å². The first-order valence-corrected chi connectivity index (χ1v) is 5.15. The van der Waals surface area contributed by atoms with Gasteiger partial charge in [-0.3, -0.25) is 9.59 Å². The summed E-state index contributed by atoms with van der Waals surface area (Å²) in [6, 6.07) is -1.36. The minimum Gasteiger partial charge on any atom is -0.480 e. The van der Waals surface area contributed by atoms with E-state index in [1.807, 2.05) is 0 Å². The molecule has 0 radical (unpaired) electrons. The summed E-state index contributed by atoms with van der Waals surface area (Å²) in [4.78, 5) is 32.7. The Morgan fingerprint density at radius 2 is 1.53 bits per heavy atom. The monoisotopic (exact) mass is 284 g/mol. The van der Waals surface area contributed by atoms with Crippen molar-refractivity contribution >= 4 is 18.0 Å². The number of carboxylic acids is 2. The molecule has 0 aromatic carbocycles. The minimum absolute atomic E-state index is 0.288. The highest BCUT2D eigenvalue weighted by molar-refractivity contribution is 5.84. The normalized spacial score (nSPS) is 16.6. The van der Waals surface area contributed by atoms with Crippen LogP contribution in [-0.4, -0.2) is 57.9 Å². The second kappa shape index (κ2) is 4.94. The van der Waals surface area contributed by atoms with Crippen molar-refractivity contribution in [1.29, 1.82) is 0 Å². The summed E-state index contributed by atoms with van der Waals surface area (Å²) in [6.45, 7) is -1.99. The number of hydrogen-bond donors (Lipinski definition) is 3. The van der Waals surface area contributed by atoms with Crippen LogP contribution in [0.3, 0.4) is 0 Å². The first-order chi connectivity index (χ1) is 8.57. The third-order valence-corrected chi connectivity index (χ3v) is 2.58. The van der Waals surface area contributed by atoms with Gasteiger partial charge in [-0.15, -0.1) is 0 Å². The Hall–Kier alpha value is -2.00. The van der Waals surface area contributed by atoms with Crippen molar-refractivity contribution in [2.24, 2.45) is 0 Å². The van der Waals surface area contributed by atoms with E-state index < -0.39 is 42.8 Å². The summed E-state index contributed by atoms with van der Waals surface area (Å²) in [5, 5.41) is 18.6. The number of urea groups is 1. The maximum atomic E-state index is 12.6. The molecule has 0 spiro atoms. The lowest BCUT2D eigenvalue weighted by Crippen LogP contribution is -2.54. The van der Waals surface area contributed by atoms with Crippen LogP contribution in [0.15, 0.2) is 0 Å². The van der Waals surface area contributed by atoms with E-state index in [0.29, 0.717) is 0 Å². The Kier molecular flexibility index (Phi) is 3.91. The SMILES string of the molecule is O=C(O)CN(CC(=O)O)C(=O)NC1(C(F)(F)F)CC1. The summed E-state index contributed by atoms with van der Waals surface area (Å²) in [5.74, 6) is -3.04. The number of nitrogens with one attached hydrogen (secondary N) is 1. The van der Waals surface area contributed by atoms with E-state index in [1.54, 1.807) is 5.32 Å². The van der Waals surface area contributed by atoms with Gasteiger partial charge in [0, 0.05) is 0 Å². The second-order valence-corrected chi connectivity index (χ2v) is 4.15. The highest BCUT2D eigenvalue weighted by Crippen LogP contribution is 2.48. The van der Waals surface area contributed by atoms with Crippen LogP contribution in [-0.2, 0) is 9.59 Å². The van der Waals surface area contributed by atoms with Gasteiger partial charge in [0.05, 0.1) is 0 Å². The molecule has 7 nitrogen and oxygen atoms in total. The lowest BCUT2D eigenvalue weighted by atomic mass is 10.2. The molecule has 2 amide bonds. The summed E-state index contributed by atoms with van der Waals surface area (Å²) in [7, 11) is 0. The summed E-state index contributed by atoms with van der Waals surface area (Å²) in [6.07, 6.45) is -5.27. The van der Waals surface area contributed by atoms with Gasteiger partial charge in [0.15, 0.2) is 0 Å². The van der Waals surface area contributed by atoms with Crippen LogP contribution >= 0.6 is 0 Å². The van der Waals surface area contributed by atoms with Crippen LogP contribution in [0.25, 0.3) is 0 Å². The lowest BCUT2D eigenvalue weighted by molar-refractivity contribution is -0.163. The molecule has 0 bridgehead atoms. The Balaban J connectivity index is 2.72. The van der Waals surface area contributed by atoms with E-state index in [1.165, 1.54) is 0 Å². The van der Waals surface area contributed by atoms with Gasteiger partial charge >= 0.3 is 24.1 Å². The molecule has 1 aliphatic carbocycles. The summed E-state index contributed by atoms with van der Waals surface area (Å²) in [5.41, 5.74) is -2.36. The molecule has 3 N–H and O–H groups in total. The van der Waals surface area contributed by atoms with Gasteiger partial charge in [-0.1, -0.05) is 0 Å². The molecule has 0 aromatic rings. The van der Waals surface area contributed by atoms with Gasteiger partial charge in [0.2, 0.25) is 0 Å². The molecule has 10 heteroatoms. The molecular weight excluding hydrogens is 273 g/mol. The zero-order valence-corrected chi connectivity index (χ0v) is 9.53. The van der Waals surface area contributed by atoms with E-state index >= 15 is 0 Å². The van der Waals surface area contributed by atoms with Gasteiger partial charge in [-0.2, -0.15) is 13.2 Å². The van der Waals surface area contributed by atoms with Gasteiger partial charge in [0.25, 0.3) is 0 Å². The molecule has 1 saturated carbocycles. The predicted octanol–water partition coefficient (Wildman–Crippen LogP) is 0.262. The van der Waals surface area contributed by atoms with Crippen LogP contribution < -0.4 is 5.32 Å². The molecule has 0 aliphatic heterocycles. The maximum Gasteiger partial charge on any atom is 0.411 e. The Labute approximate surface area is 105 Å². The molecule has 0 saturated heterocycles. The number of carbonyl (C=O) groups is 3. The maximum absolute atomic E-state index is 12.6. The quantitative estimate of drug-likeness (QED) is 0.671. The Morgan fingerprint density at radius 1 is 1.11 bits per heavy atom. The number of amides is 2. The molecule has 1 fully saturated rings. The van der Waals surface area contributed by atoms with Gasteiger partial charge < -0.3 is 20.4 Å². The van der Waals surface area contributed by atoms with E-state index in [2.05, 4.69) is 0 Å². The number of carboxylic acid groups (broad SMARTS) is 2. The van der Waals surface area contributed by atoms with Crippen LogP contribution in [0.5, 0.6) is 0 Å². The first-order valence-electron chi connectivity index (χ1n) is 5.15. The first kappa shape index (κ1) is 15.1. The van der Waals surface area contributed by atoms with Crippen molar-refractivity contribution < 1.29 is 37.8 Å². The number of halogens is 3. The zero-order chi connectivity index (χ0) is 14.8. The molecule has 19 heavy (non-hydrogen) atoms. The van der Waals surface area contributed by atoms with Gasteiger partial charge in [-0.05, 0) is 12.8 Å². The second-order valence-electron chi connectivity index (χ2n) is 4.15. The number of rotatable bonds is 5. The van der Waals surface area contributed by atoms with Crippen molar-refractivity contribution in [3.63, 3.8) is 0 Å². The highest BCUT2D eigenvalue weighted by atomic mass is 19.4. The summed E-state index contributed by atoms with van der Waals surface area (Å²) < 4.78 is 37.7. The van der Waals surface area contributed by atoms with Crippen LogP contribution in [0.4, 0.5) is 18.0 Å². The fraction of sp³-hybridized carbons (Fsp3) is 0.667. The van der Waals surface area contributed by atoms with E-state index in [0.717, 1.165) is 0 Å². The smallest absolute Gasteiger partial charge is 0.411 e. The predicted molar refractivity (Wildman–Crippen MR) is 53.4 cm³/mol. The molecular formula is C9H11F3N2O5. The molecule has 0 aromatic heterocycles.